The first-order chi connectivity index (χ1) is 12.2. The molecule has 0 saturated carbocycles. The molecule has 9 heteroatoms. The van der Waals surface area contributed by atoms with Crippen molar-refractivity contribution in [2.75, 3.05) is 22.4 Å². The maximum absolute atomic E-state index is 12.5. The van der Waals surface area contributed by atoms with Crippen molar-refractivity contribution in [3.63, 3.8) is 0 Å². The van der Waals surface area contributed by atoms with E-state index < -0.39 is 10.0 Å². The number of amides is 1. The van der Waals surface area contributed by atoms with Crippen LogP contribution in [-0.2, 0) is 16.4 Å². The number of anilines is 2. The van der Waals surface area contributed by atoms with Crippen LogP contribution in [0, 0.1) is 0 Å². The van der Waals surface area contributed by atoms with Gasteiger partial charge in [0.05, 0.1) is 32.7 Å². The first kappa shape index (κ1) is 19.3. The zero-order valence-electron chi connectivity index (χ0n) is 13.7. The van der Waals surface area contributed by atoms with Crippen LogP contribution in [0.5, 0.6) is 0 Å². The minimum atomic E-state index is -3.35. The van der Waals surface area contributed by atoms with Gasteiger partial charge in [-0.05, 0) is 48.7 Å². The van der Waals surface area contributed by atoms with E-state index in [4.69, 9.17) is 34.8 Å². The van der Waals surface area contributed by atoms with Gasteiger partial charge in [0.2, 0.25) is 10.0 Å². The van der Waals surface area contributed by atoms with Crippen LogP contribution in [0.3, 0.4) is 0 Å². The molecule has 0 saturated heterocycles. The molecule has 0 bridgehead atoms. The summed E-state index contributed by atoms with van der Waals surface area (Å²) in [5, 5.41) is 3.54. The van der Waals surface area contributed by atoms with Gasteiger partial charge in [-0.25, -0.2) is 8.42 Å². The highest BCUT2D eigenvalue weighted by atomic mass is 35.5. The van der Waals surface area contributed by atoms with E-state index in [0.717, 1.165) is 5.56 Å². The van der Waals surface area contributed by atoms with Gasteiger partial charge in [-0.3, -0.25) is 9.10 Å². The highest BCUT2D eigenvalue weighted by molar-refractivity contribution is 7.92. The molecule has 138 valence electrons. The number of carbonyl (C=O) groups is 1. The van der Waals surface area contributed by atoms with E-state index in [2.05, 4.69) is 5.32 Å². The molecule has 3 rings (SSSR count). The molecule has 1 aliphatic rings. The van der Waals surface area contributed by atoms with Crippen LogP contribution in [0.1, 0.15) is 22.3 Å². The number of aryl methyl sites for hydroxylation is 1. The third kappa shape index (κ3) is 3.93. The predicted octanol–water partition coefficient (Wildman–Crippen LogP) is 4.61. The van der Waals surface area contributed by atoms with Gasteiger partial charge in [-0.15, -0.1) is 0 Å². The van der Waals surface area contributed by atoms with Gasteiger partial charge in [-0.2, -0.15) is 0 Å². The molecule has 0 fully saturated rings. The molecule has 0 aliphatic carbocycles. The largest absolute Gasteiger partial charge is 0.321 e. The van der Waals surface area contributed by atoms with E-state index in [9.17, 15) is 13.2 Å². The Labute approximate surface area is 166 Å². The summed E-state index contributed by atoms with van der Waals surface area (Å²) in [6.07, 6.45) is 2.58. The fraction of sp³-hybridized carbons (Fsp3) is 0.235. The van der Waals surface area contributed by atoms with Crippen LogP contribution in [0.2, 0.25) is 15.1 Å². The molecule has 1 amide bonds. The molecule has 26 heavy (non-hydrogen) atoms. The average Bonchev–Trinajstić information content (AvgIpc) is 2.57. The summed E-state index contributed by atoms with van der Waals surface area (Å²) in [6, 6.07) is 7.88. The summed E-state index contributed by atoms with van der Waals surface area (Å²) in [5.41, 5.74) is 2.18. The molecule has 0 radical (unpaired) electrons. The second-order valence-electron chi connectivity index (χ2n) is 5.98. The lowest BCUT2D eigenvalue weighted by atomic mass is 10.0. The molecule has 2 aromatic carbocycles. The Balaban J connectivity index is 1.89. The third-order valence-corrected chi connectivity index (χ3v) is 6.29. The fourth-order valence-corrected chi connectivity index (χ4v) is 4.45. The monoisotopic (exact) mass is 432 g/mol. The van der Waals surface area contributed by atoms with Crippen molar-refractivity contribution in [1.29, 1.82) is 0 Å². The second kappa shape index (κ2) is 7.27. The summed E-state index contributed by atoms with van der Waals surface area (Å²) in [7, 11) is -3.35. The van der Waals surface area contributed by atoms with Crippen molar-refractivity contribution >= 4 is 62.1 Å². The zero-order valence-corrected chi connectivity index (χ0v) is 16.8. The quantitative estimate of drug-likeness (QED) is 0.719. The van der Waals surface area contributed by atoms with Crippen LogP contribution in [0.15, 0.2) is 30.3 Å². The number of rotatable bonds is 3. The summed E-state index contributed by atoms with van der Waals surface area (Å²) in [5.74, 6) is -0.371. The number of hydrogen-bond acceptors (Lipinski definition) is 3. The van der Waals surface area contributed by atoms with Gasteiger partial charge in [0.1, 0.15) is 0 Å². The molecule has 0 atom stereocenters. The molecule has 5 nitrogen and oxygen atoms in total. The van der Waals surface area contributed by atoms with Crippen LogP contribution < -0.4 is 9.62 Å². The minimum Gasteiger partial charge on any atom is -0.321 e. The Morgan fingerprint density at radius 3 is 2.46 bits per heavy atom. The number of nitrogens with zero attached hydrogens (tertiary/aromatic N) is 1. The van der Waals surface area contributed by atoms with Gasteiger partial charge >= 0.3 is 0 Å². The van der Waals surface area contributed by atoms with Gasteiger partial charge < -0.3 is 5.32 Å². The van der Waals surface area contributed by atoms with Crippen molar-refractivity contribution in [2.24, 2.45) is 0 Å². The van der Waals surface area contributed by atoms with Gasteiger partial charge in [0.25, 0.3) is 5.91 Å². The number of nitrogens with one attached hydrogen (secondary N) is 1. The molecule has 0 aromatic heterocycles. The lowest BCUT2D eigenvalue weighted by Gasteiger charge is -2.29. The van der Waals surface area contributed by atoms with E-state index in [1.54, 1.807) is 18.2 Å². The Kier molecular flexibility index (Phi) is 5.40. The Morgan fingerprint density at radius 2 is 1.77 bits per heavy atom. The van der Waals surface area contributed by atoms with Crippen LogP contribution in [-0.4, -0.2) is 27.1 Å². The molecule has 1 aliphatic heterocycles. The van der Waals surface area contributed by atoms with Crippen molar-refractivity contribution < 1.29 is 13.2 Å². The number of halogens is 3. The van der Waals surface area contributed by atoms with Crippen molar-refractivity contribution in [1.82, 2.24) is 0 Å². The molecular formula is C17H15Cl3N2O3S. The maximum atomic E-state index is 12.5. The van der Waals surface area contributed by atoms with Crippen LogP contribution >= 0.6 is 34.8 Å². The highest BCUT2D eigenvalue weighted by Crippen LogP contribution is 2.33. The Morgan fingerprint density at radius 1 is 1.08 bits per heavy atom. The lowest BCUT2D eigenvalue weighted by molar-refractivity contribution is 0.102. The molecular weight excluding hydrogens is 419 g/mol. The normalized spacial score (nSPS) is 14.1. The summed E-state index contributed by atoms with van der Waals surface area (Å²) in [4.78, 5) is 12.5. The average molecular weight is 434 g/mol. The predicted molar refractivity (Wildman–Crippen MR) is 106 cm³/mol. The van der Waals surface area contributed by atoms with E-state index in [1.807, 2.05) is 0 Å². The maximum Gasteiger partial charge on any atom is 0.255 e. The standard InChI is InChI=1S/C17H15Cl3N2O3S/c1-26(24,25)22-6-2-3-10-7-11(4-5-16(10)22)17(23)21-15-9-13(19)12(18)8-14(15)20/h4-5,7-9H,2-3,6H2,1H3,(H,21,23). The Hall–Kier alpha value is -1.47. The Bertz CT molecular complexity index is 993. The number of benzene rings is 2. The van der Waals surface area contributed by atoms with Gasteiger partial charge in [0.15, 0.2) is 0 Å². The van der Waals surface area contributed by atoms with Crippen LogP contribution in [0.4, 0.5) is 11.4 Å². The second-order valence-corrected chi connectivity index (χ2v) is 9.11. The molecule has 0 unspecified atom stereocenters. The molecule has 1 N–H and O–H groups in total. The van der Waals surface area contributed by atoms with Crippen LogP contribution in [0.25, 0.3) is 0 Å². The number of sulfonamides is 1. The van der Waals surface area contributed by atoms with Crippen molar-refractivity contribution in [2.45, 2.75) is 12.8 Å². The minimum absolute atomic E-state index is 0.272. The highest BCUT2D eigenvalue weighted by Gasteiger charge is 2.24. The van der Waals surface area contributed by atoms with E-state index in [-0.39, 0.29) is 16.0 Å². The first-order valence-corrected chi connectivity index (χ1v) is 10.7. The molecule has 0 spiro atoms. The topological polar surface area (TPSA) is 66.5 Å². The van der Waals surface area contributed by atoms with E-state index >= 15 is 0 Å². The summed E-state index contributed by atoms with van der Waals surface area (Å²) >= 11 is 17.9. The number of carbonyl (C=O) groups excluding carboxylic acids is 1. The van der Waals surface area contributed by atoms with E-state index in [0.29, 0.717) is 41.3 Å². The molecule has 1 heterocycles. The van der Waals surface area contributed by atoms with Crippen molar-refractivity contribution in [3.8, 4) is 0 Å². The van der Waals surface area contributed by atoms with E-state index in [1.165, 1.54) is 22.7 Å². The van der Waals surface area contributed by atoms with Crippen molar-refractivity contribution in [3.05, 3.63) is 56.5 Å². The first-order valence-electron chi connectivity index (χ1n) is 7.73. The number of fused-ring (bicyclic) bond motifs is 1. The SMILES string of the molecule is CS(=O)(=O)N1CCCc2cc(C(=O)Nc3cc(Cl)c(Cl)cc3Cl)ccc21. The fourth-order valence-electron chi connectivity index (χ4n) is 2.86. The molecule has 2 aromatic rings. The van der Waals surface area contributed by atoms with Gasteiger partial charge in [-0.1, -0.05) is 34.8 Å². The lowest BCUT2D eigenvalue weighted by Crippen LogP contribution is -2.34. The summed E-state index contributed by atoms with van der Waals surface area (Å²) in [6.45, 7) is 0.441. The third-order valence-electron chi connectivity index (χ3n) is 4.08. The summed E-state index contributed by atoms with van der Waals surface area (Å²) < 4.78 is 25.2. The zero-order chi connectivity index (χ0) is 19.1. The number of hydrogen-bond donors (Lipinski definition) is 1. The van der Waals surface area contributed by atoms with Gasteiger partial charge in [0, 0.05) is 12.1 Å². The smallest absolute Gasteiger partial charge is 0.255 e.